The molecule has 1 aromatic rings. The summed E-state index contributed by atoms with van der Waals surface area (Å²) in [5.74, 6) is -0.493. The van der Waals surface area contributed by atoms with Crippen molar-refractivity contribution in [2.45, 2.75) is 13.5 Å². The average molecular weight is 253 g/mol. The first-order valence-electron chi connectivity index (χ1n) is 5.90. The number of nitrogens with two attached hydrogens (primary N) is 1. The van der Waals surface area contributed by atoms with Gasteiger partial charge in [0.1, 0.15) is 5.82 Å². The summed E-state index contributed by atoms with van der Waals surface area (Å²) in [5.41, 5.74) is 6.64. The van der Waals surface area contributed by atoms with Gasteiger partial charge in [-0.3, -0.25) is 4.79 Å². The summed E-state index contributed by atoms with van der Waals surface area (Å²) in [6.07, 6.45) is 0. The normalized spacial score (nSPS) is 12.1. The minimum Gasteiger partial charge on any atom is -0.374 e. The van der Waals surface area contributed by atoms with Gasteiger partial charge in [-0.05, 0) is 12.1 Å². The van der Waals surface area contributed by atoms with Crippen molar-refractivity contribution in [2.75, 3.05) is 25.5 Å². The van der Waals surface area contributed by atoms with Gasteiger partial charge in [0, 0.05) is 38.4 Å². The number of carbonyl (C=O) groups is 1. The van der Waals surface area contributed by atoms with E-state index in [1.807, 2.05) is 24.9 Å². The highest BCUT2D eigenvalue weighted by atomic mass is 19.1. The molecule has 0 aromatic heterocycles. The molecule has 3 N–H and O–H groups in total. The van der Waals surface area contributed by atoms with Crippen molar-refractivity contribution in [3.05, 3.63) is 29.6 Å². The van der Waals surface area contributed by atoms with Crippen molar-refractivity contribution in [3.63, 3.8) is 0 Å². The molecule has 100 valence electrons. The Morgan fingerprint density at radius 3 is 2.72 bits per heavy atom. The van der Waals surface area contributed by atoms with Gasteiger partial charge in [-0.2, -0.15) is 0 Å². The van der Waals surface area contributed by atoms with Gasteiger partial charge in [0.05, 0.1) is 5.92 Å². The lowest BCUT2D eigenvalue weighted by Crippen LogP contribution is -2.34. The van der Waals surface area contributed by atoms with Gasteiger partial charge < -0.3 is 16.0 Å². The quantitative estimate of drug-likeness (QED) is 0.826. The van der Waals surface area contributed by atoms with E-state index in [-0.39, 0.29) is 24.2 Å². The molecule has 0 radical (unpaired) electrons. The monoisotopic (exact) mass is 253 g/mol. The van der Waals surface area contributed by atoms with Gasteiger partial charge >= 0.3 is 0 Å². The molecule has 0 bridgehead atoms. The first-order chi connectivity index (χ1) is 8.49. The van der Waals surface area contributed by atoms with Crippen LogP contribution in [0.15, 0.2) is 18.2 Å². The van der Waals surface area contributed by atoms with Crippen molar-refractivity contribution >= 4 is 11.6 Å². The molecule has 1 rings (SSSR count). The topological polar surface area (TPSA) is 58.4 Å². The van der Waals surface area contributed by atoms with Crippen LogP contribution in [0.1, 0.15) is 12.5 Å². The van der Waals surface area contributed by atoms with Crippen molar-refractivity contribution in [3.8, 4) is 0 Å². The molecule has 18 heavy (non-hydrogen) atoms. The molecule has 0 aliphatic carbocycles. The van der Waals surface area contributed by atoms with E-state index in [9.17, 15) is 9.18 Å². The molecule has 1 aromatic carbocycles. The molecule has 1 atom stereocenters. The standard InChI is InChI=1S/C13H20FN3O/c1-9(13(18)16-2)8-17(3)11-5-4-10(7-15)12(14)6-11/h4-6,9H,7-8,15H2,1-3H3,(H,16,18). The van der Waals surface area contributed by atoms with Crippen molar-refractivity contribution < 1.29 is 9.18 Å². The van der Waals surface area contributed by atoms with Crippen LogP contribution in [0.25, 0.3) is 0 Å². The Morgan fingerprint density at radius 1 is 1.56 bits per heavy atom. The number of nitrogens with zero attached hydrogens (tertiary/aromatic N) is 1. The third-order valence-electron chi connectivity index (χ3n) is 2.94. The maximum absolute atomic E-state index is 13.6. The fourth-order valence-electron chi connectivity index (χ4n) is 1.78. The zero-order valence-corrected chi connectivity index (χ0v) is 11.0. The van der Waals surface area contributed by atoms with Gasteiger partial charge in [0.25, 0.3) is 0 Å². The molecule has 0 saturated carbocycles. The Hall–Kier alpha value is -1.62. The predicted molar refractivity (Wildman–Crippen MR) is 70.8 cm³/mol. The van der Waals surface area contributed by atoms with Crippen LogP contribution in [0.4, 0.5) is 10.1 Å². The smallest absolute Gasteiger partial charge is 0.224 e. The van der Waals surface area contributed by atoms with Gasteiger partial charge in [0.2, 0.25) is 5.91 Å². The van der Waals surface area contributed by atoms with E-state index >= 15 is 0 Å². The van der Waals surface area contributed by atoms with E-state index in [1.165, 1.54) is 6.07 Å². The summed E-state index contributed by atoms with van der Waals surface area (Å²) in [5, 5.41) is 2.59. The zero-order valence-electron chi connectivity index (χ0n) is 11.0. The first-order valence-corrected chi connectivity index (χ1v) is 5.90. The number of hydrogen-bond acceptors (Lipinski definition) is 3. The minimum absolute atomic E-state index is 0.0269. The van der Waals surface area contributed by atoms with Crippen LogP contribution in [0.2, 0.25) is 0 Å². The van der Waals surface area contributed by atoms with E-state index < -0.39 is 0 Å². The Bertz CT molecular complexity index is 423. The highest BCUT2D eigenvalue weighted by Crippen LogP contribution is 2.18. The molecular formula is C13H20FN3O. The lowest BCUT2D eigenvalue weighted by molar-refractivity contribution is -0.123. The highest BCUT2D eigenvalue weighted by Gasteiger charge is 2.14. The van der Waals surface area contributed by atoms with Gasteiger partial charge in [-0.25, -0.2) is 4.39 Å². The molecule has 0 fully saturated rings. The fraction of sp³-hybridized carbons (Fsp3) is 0.462. The Morgan fingerprint density at radius 2 is 2.22 bits per heavy atom. The van der Waals surface area contributed by atoms with Crippen LogP contribution in [0.5, 0.6) is 0 Å². The van der Waals surface area contributed by atoms with Crippen LogP contribution in [0, 0.1) is 11.7 Å². The van der Waals surface area contributed by atoms with Crippen LogP contribution in [0.3, 0.4) is 0 Å². The third-order valence-corrected chi connectivity index (χ3v) is 2.94. The van der Waals surface area contributed by atoms with E-state index in [4.69, 9.17) is 5.73 Å². The second-order valence-electron chi connectivity index (χ2n) is 4.38. The Balaban J connectivity index is 2.75. The molecule has 4 nitrogen and oxygen atoms in total. The SMILES string of the molecule is CNC(=O)C(C)CN(C)c1ccc(CN)c(F)c1. The molecule has 0 heterocycles. The van der Waals surface area contributed by atoms with E-state index in [2.05, 4.69) is 5.32 Å². The second-order valence-corrected chi connectivity index (χ2v) is 4.38. The maximum atomic E-state index is 13.6. The largest absolute Gasteiger partial charge is 0.374 e. The first kappa shape index (κ1) is 14.4. The lowest BCUT2D eigenvalue weighted by atomic mass is 10.1. The number of nitrogens with one attached hydrogen (secondary N) is 1. The Kier molecular flexibility index (Phi) is 5.09. The molecule has 0 saturated heterocycles. The van der Waals surface area contributed by atoms with Gasteiger partial charge in [0.15, 0.2) is 0 Å². The van der Waals surface area contributed by atoms with Crippen LogP contribution >= 0.6 is 0 Å². The number of hydrogen-bond donors (Lipinski definition) is 2. The molecular weight excluding hydrogens is 233 g/mol. The minimum atomic E-state index is -0.311. The van der Waals surface area contributed by atoms with E-state index in [0.717, 1.165) is 5.69 Å². The number of rotatable bonds is 5. The maximum Gasteiger partial charge on any atom is 0.224 e. The predicted octanol–water partition coefficient (Wildman–Crippen LogP) is 1.10. The molecule has 1 amide bonds. The zero-order chi connectivity index (χ0) is 13.7. The van der Waals surface area contributed by atoms with Crippen molar-refractivity contribution in [2.24, 2.45) is 11.7 Å². The van der Waals surface area contributed by atoms with Crippen LogP contribution in [-0.4, -0.2) is 26.5 Å². The lowest BCUT2D eigenvalue weighted by Gasteiger charge is -2.23. The second kappa shape index (κ2) is 6.35. The Labute approximate surface area is 107 Å². The number of benzene rings is 1. The summed E-state index contributed by atoms with van der Waals surface area (Å²) in [6.45, 7) is 2.55. The van der Waals surface area contributed by atoms with Crippen molar-refractivity contribution in [1.29, 1.82) is 0 Å². The highest BCUT2D eigenvalue weighted by molar-refractivity contribution is 5.78. The van der Waals surface area contributed by atoms with E-state index in [0.29, 0.717) is 12.1 Å². The van der Waals surface area contributed by atoms with Gasteiger partial charge in [-0.1, -0.05) is 13.0 Å². The summed E-state index contributed by atoms with van der Waals surface area (Å²) >= 11 is 0. The van der Waals surface area contributed by atoms with Crippen LogP contribution < -0.4 is 16.0 Å². The summed E-state index contributed by atoms with van der Waals surface area (Å²) in [6, 6.07) is 4.92. The van der Waals surface area contributed by atoms with E-state index in [1.54, 1.807) is 13.1 Å². The fourth-order valence-corrected chi connectivity index (χ4v) is 1.78. The molecule has 0 spiro atoms. The third kappa shape index (κ3) is 3.43. The number of carbonyl (C=O) groups excluding carboxylic acids is 1. The molecule has 5 heteroatoms. The summed E-state index contributed by atoms with van der Waals surface area (Å²) in [4.78, 5) is 13.3. The summed E-state index contributed by atoms with van der Waals surface area (Å²) in [7, 11) is 3.44. The molecule has 0 aliphatic heterocycles. The number of amides is 1. The average Bonchev–Trinajstić information content (AvgIpc) is 2.37. The molecule has 1 unspecified atom stereocenters. The number of anilines is 1. The summed E-state index contributed by atoms with van der Waals surface area (Å²) < 4.78 is 13.6. The van der Waals surface area contributed by atoms with Gasteiger partial charge in [-0.15, -0.1) is 0 Å². The molecule has 0 aliphatic rings. The number of halogens is 1. The van der Waals surface area contributed by atoms with Crippen molar-refractivity contribution in [1.82, 2.24) is 5.32 Å². The van der Waals surface area contributed by atoms with Crippen LogP contribution in [-0.2, 0) is 11.3 Å².